The third-order valence-corrected chi connectivity index (χ3v) is 4.00. The lowest BCUT2D eigenvalue weighted by atomic mass is 9.79. The number of benzene rings is 1. The molecule has 0 aliphatic rings. The number of hydrogen-bond acceptors (Lipinski definition) is 1. The zero-order chi connectivity index (χ0) is 14.8. The highest BCUT2D eigenvalue weighted by molar-refractivity contribution is 5.35. The van der Waals surface area contributed by atoms with Crippen LogP contribution in [0, 0.1) is 12.3 Å². The van der Waals surface area contributed by atoms with Gasteiger partial charge in [0, 0.05) is 6.04 Å². The quantitative estimate of drug-likeness (QED) is 0.689. The minimum absolute atomic E-state index is 0.107. The lowest BCUT2D eigenvalue weighted by molar-refractivity contribution is 0.201. The Labute approximate surface area is 119 Å². The van der Waals surface area contributed by atoms with Crippen LogP contribution in [0.25, 0.3) is 0 Å². The maximum atomic E-state index is 4.41. The molecule has 0 N–H and O–H groups in total. The molecule has 1 aromatic carbocycles. The van der Waals surface area contributed by atoms with E-state index in [9.17, 15) is 0 Å². The number of nitrogens with zero attached hydrogens (tertiary/aromatic N) is 1. The minimum Gasteiger partial charge on any atom is -0.293 e. The molecule has 19 heavy (non-hydrogen) atoms. The van der Waals surface area contributed by atoms with Gasteiger partial charge < -0.3 is 0 Å². The Bertz CT molecular complexity index is 437. The lowest BCUT2D eigenvalue weighted by Gasteiger charge is -2.39. The molecule has 0 amide bonds. The maximum absolute atomic E-state index is 4.41. The zero-order valence-electron chi connectivity index (χ0n) is 13.6. The first-order chi connectivity index (χ1) is 8.66. The Kier molecular flexibility index (Phi) is 4.98. The van der Waals surface area contributed by atoms with E-state index in [0.717, 1.165) is 0 Å². The normalized spacial score (nSPS) is 13.9. The molecule has 106 valence electrons. The second-order valence-electron chi connectivity index (χ2n) is 6.79. The van der Waals surface area contributed by atoms with Crippen LogP contribution in [0.4, 0.5) is 0 Å². The van der Waals surface area contributed by atoms with Gasteiger partial charge in [0.05, 0.1) is 6.04 Å². The van der Waals surface area contributed by atoms with Gasteiger partial charge in [0.1, 0.15) is 0 Å². The SMILES string of the molecule is C=C(C(c1ccccc1C)N(C)C(C)C)C(C)(C)C. The van der Waals surface area contributed by atoms with Crippen molar-refractivity contribution >= 4 is 0 Å². The standard InChI is InChI=1S/C18H29N/c1-13(2)19(8)17(15(4)18(5,6)7)16-12-10-9-11-14(16)3/h9-13,17H,4H2,1-3,5-8H3. The molecule has 0 spiro atoms. The molecule has 0 fully saturated rings. The second kappa shape index (κ2) is 5.92. The Morgan fingerprint density at radius 1 is 1.16 bits per heavy atom. The molecule has 0 saturated heterocycles. The summed E-state index contributed by atoms with van der Waals surface area (Å²) in [5, 5.41) is 0. The fourth-order valence-corrected chi connectivity index (χ4v) is 2.25. The van der Waals surface area contributed by atoms with E-state index >= 15 is 0 Å². The summed E-state index contributed by atoms with van der Waals surface area (Å²) in [7, 11) is 2.19. The highest BCUT2D eigenvalue weighted by Crippen LogP contribution is 2.39. The molecular weight excluding hydrogens is 230 g/mol. The average molecular weight is 259 g/mol. The van der Waals surface area contributed by atoms with Gasteiger partial charge in [0.15, 0.2) is 0 Å². The van der Waals surface area contributed by atoms with Gasteiger partial charge in [-0.1, -0.05) is 57.2 Å². The average Bonchev–Trinajstić information content (AvgIpc) is 2.30. The van der Waals surface area contributed by atoms with E-state index in [1.54, 1.807) is 0 Å². The molecule has 0 saturated carbocycles. The predicted octanol–water partition coefficient (Wildman–Crippen LogP) is 4.98. The molecule has 1 unspecified atom stereocenters. The summed E-state index contributed by atoms with van der Waals surface area (Å²) < 4.78 is 0. The summed E-state index contributed by atoms with van der Waals surface area (Å²) in [6.45, 7) is 17.8. The number of rotatable bonds is 4. The number of aryl methyl sites for hydroxylation is 1. The predicted molar refractivity (Wildman–Crippen MR) is 85.4 cm³/mol. The summed E-state index contributed by atoms with van der Waals surface area (Å²) in [5.41, 5.74) is 4.10. The van der Waals surface area contributed by atoms with Gasteiger partial charge in [0.2, 0.25) is 0 Å². The van der Waals surface area contributed by atoms with Crippen LogP contribution in [-0.2, 0) is 0 Å². The van der Waals surface area contributed by atoms with Crippen molar-refractivity contribution in [3.8, 4) is 0 Å². The van der Waals surface area contributed by atoms with Crippen molar-refractivity contribution in [3.63, 3.8) is 0 Å². The third kappa shape index (κ3) is 3.70. The number of likely N-dealkylation sites (N-methyl/N-ethyl adjacent to an activating group) is 1. The molecule has 1 heteroatoms. The van der Waals surface area contributed by atoms with Crippen LogP contribution in [0.2, 0.25) is 0 Å². The van der Waals surface area contributed by atoms with E-state index in [-0.39, 0.29) is 11.5 Å². The van der Waals surface area contributed by atoms with Crippen LogP contribution in [0.3, 0.4) is 0 Å². The topological polar surface area (TPSA) is 3.24 Å². The van der Waals surface area contributed by atoms with Crippen molar-refractivity contribution in [2.75, 3.05) is 7.05 Å². The highest BCUT2D eigenvalue weighted by Gasteiger charge is 2.29. The molecule has 1 aromatic rings. The van der Waals surface area contributed by atoms with Crippen LogP contribution in [0.1, 0.15) is 51.8 Å². The van der Waals surface area contributed by atoms with Crippen molar-refractivity contribution in [1.82, 2.24) is 4.90 Å². The van der Waals surface area contributed by atoms with Gasteiger partial charge in [-0.2, -0.15) is 0 Å². The Morgan fingerprint density at radius 2 is 1.68 bits per heavy atom. The van der Waals surface area contributed by atoms with Gasteiger partial charge in [-0.25, -0.2) is 0 Å². The van der Waals surface area contributed by atoms with Gasteiger partial charge in [-0.05, 0) is 44.4 Å². The van der Waals surface area contributed by atoms with Crippen LogP contribution in [0.15, 0.2) is 36.4 Å². The summed E-state index contributed by atoms with van der Waals surface area (Å²) >= 11 is 0. The second-order valence-corrected chi connectivity index (χ2v) is 6.79. The molecule has 0 aliphatic heterocycles. The Balaban J connectivity index is 3.29. The third-order valence-electron chi connectivity index (χ3n) is 4.00. The van der Waals surface area contributed by atoms with Crippen molar-refractivity contribution in [3.05, 3.63) is 47.5 Å². The van der Waals surface area contributed by atoms with E-state index in [1.165, 1.54) is 16.7 Å². The van der Waals surface area contributed by atoms with E-state index in [1.807, 2.05) is 0 Å². The molecule has 0 aromatic heterocycles. The van der Waals surface area contributed by atoms with Crippen molar-refractivity contribution in [1.29, 1.82) is 0 Å². The maximum Gasteiger partial charge on any atom is 0.0565 e. The van der Waals surface area contributed by atoms with Gasteiger partial charge in [-0.3, -0.25) is 4.90 Å². The monoisotopic (exact) mass is 259 g/mol. The molecule has 0 bridgehead atoms. The van der Waals surface area contributed by atoms with Crippen molar-refractivity contribution < 1.29 is 0 Å². The highest BCUT2D eigenvalue weighted by atomic mass is 15.2. The first-order valence-corrected chi connectivity index (χ1v) is 7.13. The van der Waals surface area contributed by atoms with Crippen LogP contribution >= 0.6 is 0 Å². The fourth-order valence-electron chi connectivity index (χ4n) is 2.25. The van der Waals surface area contributed by atoms with Gasteiger partial charge in [0.25, 0.3) is 0 Å². The first-order valence-electron chi connectivity index (χ1n) is 7.13. The summed E-state index contributed by atoms with van der Waals surface area (Å²) in [4.78, 5) is 2.41. The van der Waals surface area contributed by atoms with E-state index in [0.29, 0.717) is 6.04 Å². The Hall–Kier alpha value is -1.08. The van der Waals surface area contributed by atoms with E-state index in [4.69, 9.17) is 0 Å². The molecule has 1 nitrogen and oxygen atoms in total. The molecule has 0 heterocycles. The van der Waals surface area contributed by atoms with Gasteiger partial charge in [-0.15, -0.1) is 0 Å². The summed E-state index contributed by atoms with van der Waals surface area (Å²) in [6.07, 6.45) is 0. The summed E-state index contributed by atoms with van der Waals surface area (Å²) in [5.74, 6) is 0. The molecule has 1 atom stereocenters. The minimum atomic E-state index is 0.107. The van der Waals surface area contributed by atoms with Gasteiger partial charge >= 0.3 is 0 Å². The summed E-state index contributed by atoms with van der Waals surface area (Å²) in [6, 6.07) is 9.41. The zero-order valence-corrected chi connectivity index (χ0v) is 13.6. The molecular formula is C18H29N. The largest absolute Gasteiger partial charge is 0.293 e. The lowest BCUT2D eigenvalue weighted by Crippen LogP contribution is -2.35. The molecule has 1 rings (SSSR count). The van der Waals surface area contributed by atoms with Crippen LogP contribution in [-0.4, -0.2) is 18.0 Å². The van der Waals surface area contributed by atoms with Crippen molar-refractivity contribution in [2.24, 2.45) is 5.41 Å². The number of hydrogen-bond donors (Lipinski definition) is 0. The smallest absolute Gasteiger partial charge is 0.0565 e. The van der Waals surface area contributed by atoms with Crippen molar-refractivity contribution in [2.45, 2.75) is 53.6 Å². The van der Waals surface area contributed by atoms with E-state index < -0.39 is 0 Å². The van der Waals surface area contributed by atoms with E-state index in [2.05, 4.69) is 84.3 Å². The van der Waals surface area contributed by atoms with Crippen LogP contribution in [0.5, 0.6) is 0 Å². The molecule has 0 radical (unpaired) electrons. The molecule has 0 aliphatic carbocycles. The first kappa shape index (κ1) is 16.0. The van der Waals surface area contributed by atoms with Crippen LogP contribution < -0.4 is 0 Å². The fraction of sp³-hybridized carbons (Fsp3) is 0.556. The Morgan fingerprint density at radius 3 is 2.11 bits per heavy atom.